The fourth-order valence-corrected chi connectivity index (χ4v) is 0.799. The number of nitrogens with zero attached hydrogens (tertiary/aromatic N) is 1. The van der Waals surface area contributed by atoms with Gasteiger partial charge >= 0.3 is 0 Å². The number of aryl methyl sites for hydroxylation is 1. The fraction of sp³-hybridized carbons (Fsp3) is 0.286. The van der Waals surface area contributed by atoms with Crippen LogP contribution < -0.4 is 5.73 Å². The third-order valence-electron chi connectivity index (χ3n) is 1.36. The van der Waals surface area contributed by atoms with E-state index in [4.69, 9.17) is 10.3 Å². The molecule has 54 valence electrons. The molecule has 0 spiro atoms. The lowest BCUT2D eigenvalue weighted by molar-refractivity contribution is 0.431. The molecule has 10 heavy (non-hydrogen) atoms. The van der Waals surface area contributed by atoms with Crippen molar-refractivity contribution in [3.05, 3.63) is 23.9 Å². The van der Waals surface area contributed by atoms with Crippen molar-refractivity contribution >= 4 is 5.88 Å². The number of hydrogen-bond acceptors (Lipinski definition) is 3. The quantitative estimate of drug-likeness (QED) is 0.626. The molecule has 0 fully saturated rings. The molecule has 0 aliphatic heterocycles. The SMILES string of the molecule is C=CCc1c(C)noc1N. The number of nitrogen functional groups attached to an aromatic ring is 1. The summed E-state index contributed by atoms with van der Waals surface area (Å²) in [5, 5.41) is 3.69. The van der Waals surface area contributed by atoms with Crippen LogP contribution in [0.4, 0.5) is 5.88 Å². The average molecular weight is 138 g/mol. The molecular formula is C7H10N2O. The van der Waals surface area contributed by atoms with Crippen molar-refractivity contribution in [1.29, 1.82) is 0 Å². The minimum Gasteiger partial charge on any atom is -0.367 e. The molecule has 2 N–H and O–H groups in total. The molecule has 1 aromatic heterocycles. The van der Waals surface area contributed by atoms with Gasteiger partial charge in [-0.3, -0.25) is 0 Å². The van der Waals surface area contributed by atoms with Gasteiger partial charge in [0.05, 0.1) is 5.69 Å². The number of anilines is 1. The molecule has 0 aromatic carbocycles. The Balaban J connectivity index is 2.97. The van der Waals surface area contributed by atoms with Gasteiger partial charge in [0.25, 0.3) is 0 Å². The third kappa shape index (κ3) is 1.03. The van der Waals surface area contributed by atoms with E-state index in [1.54, 1.807) is 6.08 Å². The molecule has 0 unspecified atom stereocenters. The van der Waals surface area contributed by atoms with E-state index in [-0.39, 0.29) is 0 Å². The van der Waals surface area contributed by atoms with E-state index >= 15 is 0 Å². The van der Waals surface area contributed by atoms with Crippen LogP contribution in [0.2, 0.25) is 0 Å². The maximum atomic E-state index is 5.45. The Hall–Kier alpha value is -1.25. The molecule has 1 heterocycles. The van der Waals surface area contributed by atoms with Crippen LogP contribution in [0.1, 0.15) is 11.3 Å². The summed E-state index contributed by atoms with van der Waals surface area (Å²) in [6.07, 6.45) is 2.50. The zero-order valence-electron chi connectivity index (χ0n) is 5.92. The summed E-state index contributed by atoms with van der Waals surface area (Å²) < 4.78 is 4.73. The fourth-order valence-electron chi connectivity index (χ4n) is 0.799. The molecule has 1 rings (SSSR count). The largest absolute Gasteiger partial charge is 0.367 e. The number of aromatic nitrogens is 1. The van der Waals surface area contributed by atoms with Crippen molar-refractivity contribution < 1.29 is 4.52 Å². The summed E-state index contributed by atoms with van der Waals surface area (Å²) in [7, 11) is 0. The van der Waals surface area contributed by atoms with Gasteiger partial charge in [-0.2, -0.15) is 0 Å². The Morgan fingerprint density at radius 2 is 2.50 bits per heavy atom. The van der Waals surface area contributed by atoms with Gasteiger partial charge in [-0.05, 0) is 13.3 Å². The first-order valence-electron chi connectivity index (χ1n) is 3.07. The summed E-state index contributed by atoms with van der Waals surface area (Å²) >= 11 is 0. The molecule has 1 aromatic rings. The van der Waals surface area contributed by atoms with E-state index in [1.807, 2.05) is 6.92 Å². The van der Waals surface area contributed by atoms with E-state index in [2.05, 4.69) is 11.7 Å². The summed E-state index contributed by atoms with van der Waals surface area (Å²) in [6.45, 7) is 5.45. The van der Waals surface area contributed by atoms with Gasteiger partial charge in [-0.15, -0.1) is 6.58 Å². The highest BCUT2D eigenvalue weighted by molar-refractivity contribution is 5.39. The Morgan fingerprint density at radius 3 is 2.90 bits per heavy atom. The van der Waals surface area contributed by atoms with Gasteiger partial charge in [-0.25, -0.2) is 0 Å². The standard InChI is InChI=1S/C7H10N2O/c1-3-4-6-5(2)9-10-7(6)8/h3H,1,4,8H2,2H3. The topological polar surface area (TPSA) is 52.0 Å². The van der Waals surface area contributed by atoms with E-state index in [0.717, 1.165) is 17.7 Å². The van der Waals surface area contributed by atoms with E-state index in [1.165, 1.54) is 0 Å². The predicted molar refractivity (Wildman–Crippen MR) is 39.6 cm³/mol. The van der Waals surface area contributed by atoms with Crippen LogP contribution in [-0.2, 0) is 6.42 Å². The number of hydrogen-bond donors (Lipinski definition) is 1. The second-order valence-corrected chi connectivity index (χ2v) is 2.10. The number of rotatable bonds is 2. The van der Waals surface area contributed by atoms with E-state index < -0.39 is 0 Å². The summed E-state index contributed by atoms with van der Waals surface area (Å²) in [4.78, 5) is 0. The maximum absolute atomic E-state index is 5.45. The van der Waals surface area contributed by atoms with Crippen LogP contribution in [0.25, 0.3) is 0 Å². The van der Waals surface area contributed by atoms with E-state index in [0.29, 0.717) is 5.88 Å². The molecule has 3 nitrogen and oxygen atoms in total. The minimum absolute atomic E-state index is 0.400. The first-order chi connectivity index (χ1) is 4.75. The molecule has 0 saturated carbocycles. The smallest absolute Gasteiger partial charge is 0.225 e. The monoisotopic (exact) mass is 138 g/mol. The minimum atomic E-state index is 0.400. The lowest BCUT2D eigenvalue weighted by atomic mass is 10.2. The van der Waals surface area contributed by atoms with Crippen molar-refractivity contribution in [2.45, 2.75) is 13.3 Å². The van der Waals surface area contributed by atoms with Crippen molar-refractivity contribution in [2.24, 2.45) is 0 Å². The first-order valence-corrected chi connectivity index (χ1v) is 3.07. The molecule has 0 bridgehead atoms. The highest BCUT2D eigenvalue weighted by atomic mass is 16.5. The molecule has 0 aliphatic rings. The molecule has 0 saturated heterocycles. The molecule has 3 heteroatoms. The Bertz CT molecular complexity index is 220. The summed E-state index contributed by atoms with van der Waals surface area (Å²) in [5.74, 6) is 0.400. The number of allylic oxidation sites excluding steroid dienone is 1. The summed E-state index contributed by atoms with van der Waals surface area (Å²) in [5.41, 5.74) is 7.24. The van der Waals surface area contributed by atoms with Crippen molar-refractivity contribution in [1.82, 2.24) is 5.16 Å². The molecule has 0 amide bonds. The molecular weight excluding hydrogens is 128 g/mol. The number of nitrogens with two attached hydrogens (primary N) is 1. The van der Waals surface area contributed by atoms with Crippen molar-refractivity contribution in [3.63, 3.8) is 0 Å². The second kappa shape index (κ2) is 2.56. The first kappa shape index (κ1) is 6.86. The zero-order valence-corrected chi connectivity index (χ0v) is 5.92. The van der Waals surface area contributed by atoms with Crippen LogP contribution in [0.15, 0.2) is 17.2 Å². The van der Waals surface area contributed by atoms with Gasteiger partial charge in [0.15, 0.2) is 0 Å². The Kier molecular flexibility index (Phi) is 1.76. The molecule has 0 atom stereocenters. The van der Waals surface area contributed by atoms with Crippen molar-refractivity contribution in [2.75, 3.05) is 5.73 Å². The third-order valence-corrected chi connectivity index (χ3v) is 1.36. The normalized spacial score (nSPS) is 9.70. The highest BCUT2D eigenvalue weighted by Gasteiger charge is 2.06. The van der Waals surface area contributed by atoms with Crippen LogP contribution >= 0.6 is 0 Å². The van der Waals surface area contributed by atoms with Gasteiger partial charge in [0.2, 0.25) is 5.88 Å². The van der Waals surface area contributed by atoms with Crippen LogP contribution in [0.5, 0.6) is 0 Å². The molecule has 0 aliphatic carbocycles. The lowest BCUT2D eigenvalue weighted by Gasteiger charge is -1.89. The van der Waals surface area contributed by atoms with Gasteiger partial charge in [0.1, 0.15) is 0 Å². The molecule has 0 radical (unpaired) electrons. The van der Waals surface area contributed by atoms with Gasteiger partial charge < -0.3 is 10.3 Å². The average Bonchev–Trinajstić information content (AvgIpc) is 2.20. The van der Waals surface area contributed by atoms with Crippen LogP contribution in [0.3, 0.4) is 0 Å². The van der Waals surface area contributed by atoms with Gasteiger partial charge in [-0.1, -0.05) is 11.2 Å². The van der Waals surface area contributed by atoms with Crippen molar-refractivity contribution in [3.8, 4) is 0 Å². The van der Waals surface area contributed by atoms with E-state index in [9.17, 15) is 0 Å². The van der Waals surface area contributed by atoms with Crippen LogP contribution in [-0.4, -0.2) is 5.16 Å². The zero-order chi connectivity index (χ0) is 7.56. The highest BCUT2D eigenvalue weighted by Crippen LogP contribution is 2.15. The maximum Gasteiger partial charge on any atom is 0.225 e. The van der Waals surface area contributed by atoms with Gasteiger partial charge in [0, 0.05) is 5.56 Å². The second-order valence-electron chi connectivity index (χ2n) is 2.10. The predicted octanol–water partition coefficient (Wildman–Crippen LogP) is 1.29. The summed E-state index contributed by atoms with van der Waals surface area (Å²) in [6, 6.07) is 0. The lowest BCUT2D eigenvalue weighted by Crippen LogP contribution is -1.89. The Morgan fingerprint density at radius 1 is 1.80 bits per heavy atom. The Labute approximate surface area is 59.5 Å². The van der Waals surface area contributed by atoms with Crippen LogP contribution in [0, 0.1) is 6.92 Å².